The van der Waals surface area contributed by atoms with E-state index in [1.807, 2.05) is 55.5 Å². The molecule has 1 aliphatic carbocycles. The Bertz CT molecular complexity index is 1080. The van der Waals surface area contributed by atoms with Crippen LogP contribution in [0.3, 0.4) is 0 Å². The Hall–Kier alpha value is -3.48. The van der Waals surface area contributed by atoms with Gasteiger partial charge in [0.1, 0.15) is 18.1 Å². The van der Waals surface area contributed by atoms with Gasteiger partial charge in [0, 0.05) is 18.8 Å². The maximum absolute atomic E-state index is 12.9. The summed E-state index contributed by atoms with van der Waals surface area (Å²) in [7, 11) is 0. The molecule has 1 aromatic heterocycles. The van der Waals surface area contributed by atoms with Crippen molar-refractivity contribution in [3.63, 3.8) is 0 Å². The molecular formula is C25H29N3O4. The van der Waals surface area contributed by atoms with Crippen LogP contribution in [0.25, 0.3) is 11.4 Å². The Labute approximate surface area is 187 Å². The number of imidazole rings is 1. The largest absolute Gasteiger partial charge is 0.492 e. The Morgan fingerprint density at radius 1 is 0.938 bits per heavy atom. The van der Waals surface area contributed by atoms with Crippen molar-refractivity contribution >= 4 is 5.91 Å². The van der Waals surface area contributed by atoms with E-state index in [0.29, 0.717) is 31.4 Å². The second-order valence-corrected chi connectivity index (χ2v) is 7.88. The Balaban J connectivity index is 1.39. The summed E-state index contributed by atoms with van der Waals surface area (Å²) in [5.74, 6) is 1.53. The van der Waals surface area contributed by atoms with Crippen molar-refractivity contribution in [2.24, 2.45) is 0 Å². The SMILES string of the molecule is CCC(=O)NCCOc1ccc(-n2ccn(-c3ccc(OC4CCCC4)cc3)c2=O)cc1. The number of rotatable bonds is 9. The molecule has 168 valence electrons. The number of nitrogens with one attached hydrogen (secondary N) is 1. The lowest BCUT2D eigenvalue weighted by atomic mass is 10.2. The van der Waals surface area contributed by atoms with Crippen LogP contribution in [-0.4, -0.2) is 34.3 Å². The molecule has 0 aliphatic heterocycles. The van der Waals surface area contributed by atoms with E-state index in [9.17, 15) is 9.59 Å². The van der Waals surface area contributed by atoms with Crippen molar-refractivity contribution in [1.29, 1.82) is 0 Å². The lowest BCUT2D eigenvalue weighted by Crippen LogP contribution is -2.27. The van der Waals surface area contributed by atoms with Crippen LogP contribution in [0.5, 0.6) is 11.5 Å². The van der Waals surface area contributed by atoms with Gasteiger partial charge in [0.15, 0.2) is 0 Å². The lowest BCUT2D eigenvalue weighted by molar-refractivity contribution is -0.120. The van der Waals surface area contributed by atoms with Gasteiger partial charge in [0.2, 0.25) is 5.91 Å². The molecule has 7 nitrogen and oxygen atoms in total. The van der Waals surface area contributed by atoms with Crippen LogP contribution in [-0.2, 0) is 4.79 Å². The highest BCUT2D eigenvalue weighted by Crippen LogP contribution is 2.24. The average molecular weight is 436 g/mol. The van der Waals surface area contributed by atoms with Crippen LogP contribution in [0.4, 0.5) is 0 Å². The third-order valence-corrected chi connectivity index (χ3v) is 5.63. The number of carbonyl (C=O) groups excluding carboxylic acids is 1. The molecule has 1 fully saturated rings. The third kappa shape index (κ3) is 5.22. The van der Waals surface area contributed by atoms with E-state index in [1.165, 1.54) is 12.8 Å². The molecule has 2 aromatic carbocycles. The number of hydrogen-bond acceptors (Lipinski definition) is 4. The first-order chi connectivity index (χ1) is 15.6. The van der Waals surface area contributed by atoms with Crippen LogP contribution >= 0.6 is 0 Å². The van der Waals surface area contributed by atoms with Gasteiger partial charge in [-0.15, -0.1) is 0 Å². The second kappa shape index (κ2) is 10.2. The molecule has 1 saturated carbocycles. The van der Waals surface area contributed by atoms with Crippen molar-refractivity contribution in [2.75, 3.05) is 13.2 Å². The Kier molecular flexibility index (Phi) is 6.94. The standard InChI is InChI=1S/C25H29N3O4/c1-2-24(29)26-15-18-31-21-11-7-19(8-12-21)27-16-17-28(25(27)30)20-9-13-23(14-10-20)32-22-5-3-4-6-22/h7-14,16-17,22H,2-6,15,18H2,1H3,(H,26,29). The minimum atomic E-state index is -0.148. The molecule has 0 spiro atoms. The number of nitrogens with zero attached hydrogens (tertiary/aromatic N) is 2. The summed E-state index contributed by atoms with van der Waals surface area (Å²) in [6, 6.07) is 15.0. The first-order valence-electron chi connectivity index (χ1n) is 11.2. The highest BCUT2D eigenvalue weighted by atomic mass is 16.5. The molecule has 1 N–H and O–H groups in total. The number of hydrogen-bond donors (Lipinski definition) is 1. The smallest absolute Gasteiger partial charge is 0.337 e. The summed E-state index contributed by atoms with van der Waals surface area (Å²) < 4.78 is 14.8. The van der Waals surface area contributed by atoms with Crippen LogP contribution in [0.15, 0.2) is 65.7 Å². The molecule has 0 unspecified atom stereocenters. The maximum atomic E-state index is 12.9. The Morgan fingerprint density at radius 2 is 1.50 bits per heavy atom. The average Bonchev–Trinajstić information content (AvgIpc) is 3.47. The zero-order valence-corrected chi connectivity index (χ0v) is 18.3. The highest BCUT2D eigenvalue weighted by molar-refractivity contribution is 5.75. The highest BCUT2D eigenvalue weighted by Gasteiger charge is 2.16. The van der Waals surface area contributed by atoms with Gasteiger partial charge in [0.05, 0.1) is 24.0 Å². The van der Waals surface area contributed by atoms with E-state index >= 15 is 0 Å². The topological polar surface area (TPSA) is 74.5 Å². The fraction of sp³-hybridized carbons (Fsp3) is 0.360. The number of aromatic nitrogens is 2. The Morgan fingerprint density at radius 3 is 2.06 bits per heavy atom. The van der Waals surface area contributed by atoms with Crippen molar-refractivity contribution in [3.8, 4) is 22.9 Å². The molecule has 0 atom stereocenters. The summed E-state index contributed by atoms with van der Waals surface area (Å²) in [6.45, 7) is 2.66. The monoisotopic (exact) mass is 435 g/mol. The van der Waals surface area contributed by atoms with Gasteiger partial charge in [-0.2, -0.15) is 0 Å². The first-order valence-corrected chi connectivity index (χ1v) is 11.2. The van der Waals surface area contributed by atoms with Crippen molar-refractivity contribution in [2.45, 2.75) is 45.1 Å². The van der Waals surface area contributed by atoms with Gasteiger partial charge in [-0.05, 0) is 74.2 Å². The van der Waals surface area contributed by atoms with Crippen LogP contribution < -0.4 is 20.5 Å². The van der Waals surface area contributed by atoms with Gasteiger partial charge in [-0.25, -0.2) is 4.79 Å². The molecule has 4 rings (SSSR count). The minimum absolute atomic E-state index is 0.00353. The normalized spacial score (nSPS) is 13.8. The summed E-state index contributed by atoms with van der Waals surface area (Å²) in [6.07, 6.45) is 8.98. The molecule has 7 heteroatoms. The molecule has 0 bridgehead atoms. The van der Waals surface area contributed by atoms with E-state index in [-0.39, 0.29) is 11.6 Å². The van der Waals surface area contributed by atoms with Gasteiger partial charge in [-0.3, -0.25) is 13.9 Å². The van der Waals surface area contributed by atoms with Crippen LogP contribution in [0.2, 0.25) is 0 Å². The summed E-state index contributed by atoms with van der Waals surface area (Å²) >= 11 is 0. The van der Waals surface area contributed by atoms with Crippen LogP contribution in [0.1, 0.15) is 39.0 Å². The summed E-state index contributed by atoms with van der Waals surface area (Å²) in [5, 5.41) is 2.77. The van der Waals surface area contributed by atoms with E-state index in [4.69, 9.17) is 9.47 Å². The van der Waals surface area contributed by atoms with E-state index in [1.54, 1.807) is 21.5 Å². The van der Waals surface area contributed by atoms with E-state index < -0.39 is 0 Å². The molecule has 3 aromatic rings. The van der Waals surface area contributed by atoms with Crippen LogP contribution in [0, 0.1) is 0 Å². The molecule has 1 amide bonds. The molecular weight excluding hydrogens is 406 g/mol. The number of ether oxygens (including phenoxy) is 2. The third-order valence-electron chi connectivity index (χ3n) is 5.63. The van der Waals surface area contributed by atoms with Gasteiger partial charge in [-0.1, -0.05) is 6.92 Å². The van der Waals surface area contributed by atoms with Crippen molar-refractivity contribution in [3.05, 3.63) is 71.4 Å². The predicted octanol–water partition coefficient (Wildman–Crippen LogP) is 3.85. The molecule has 0 saturated heterocycles. The summed E-state index contributed by atoms with van der Waals surface area (Å²) in [5.41, 5.74) is 1.40. The zero-order valence-electron chi connectivity index (χ0n) is 18.3. The minimum Gasteiger partial charge on any atom is -0.492 e. The number of benzene rings is 2. The van der Waals surface area contributed by atoms with Gasteiger partial charge < -0.3 is 14.8 Å². The zero-order chi connectivity index (χ0) is 22.3. The second-order valence-electron chi connectivity index (χ2n) is 7.88. The predicted molar refractivity (Wildman–Crippen MR) is 123 cm³/mol. The maximum Gasteiger partial charge on any atom is 0.337 e. The molecule has 0 radical (unpaired) electrons. The molecule has 32 heavy (non-hydrogen) atoms. The fourth-order valence-corrected chi connectivity index (χ4v) is 3.84. The van der Waals surface area contributed by atoms with Crippen molar-refractivity contribution in [1.82, 2.24) is 14.5 Å². The molecule has 1 aliphatic rings. The van der Waals surface area contributed by atoms with Gasteiger partial charge in [0.25, 0.3) is 0 Å². The fourth-order valence-electron chi connectivity index (χ4n) is 3.84. The van der Waals surface area contributed by atoms with Crippen molar-refractivity contribution < 1.29 is 14.3 Å². The number of carbonyl (C=O) groups is 1. The lowest BCUT2D eigenvalue weighted by Gasteiger charge is -2.13. The van der Waals surface area contributed by atoms with Gasteiger partial charge >= 0.3 is 5.69 Å². The van der Waals surface area contributed by atoms with E-state index in [0.717, 1.165) is 30.0 Å². The number of amides is 1. The van der Waals surface area contributed by atoms with E-state index in [2.05, 4.69) is 5.32 Å². The quantitative estimate of drug-likeness (QED) is 0.518. The summed E-state index contributed by atoms with van der Waals surface area (Å²) in [4.78, 5) is 24.2. The first kappa shape index (κ1) is 21.7. The molecule has 1 heterocycles.